The number of ether oxygens (including phenoxy) is 1. The lowest BCUT2D eigenvalue weighted by Gasteiger charge is -2.18. The molecule has 0 fully saturated rings. The third kappa shape index (κ3) is 4.18. The summed E-state index contributed by atoms with van der Waals surface area (Å²) >= 11 is 0. The molecule has 5 nitrogen and oxygen atoms in total. The van der Waals surface area contributed by atoms with Crippen molar-refractivity contribution >= 4 is 11.6 Å². The predicted octanol–water partition coefficient (Wildman–Crippen LogP) is 1.82. The first-order chi connectivity index (χ1) is 8.97. The fourth-order valence-corrected chi connectivity index (χ4v) is 1.43. The van der Waals surface area contributed by atoms with Crippen LogP contribution in [0, 0.1) is 11.3 Å². The van der Waals surface area contributed by atoms with Crippen molar-refractivity contribution in [2.24, 2.45) is 0 Å². The summed E-state index contributed by atoms with van der Waals surface area (Å²) in [5, 5.41) is 11.6. The van der Waals surface area contributed by atoms with Gasteiger partial charge in [-0.2, -0.15) is 5.26 Å². The Balaban J connectivity index is 2.69. The molecule has 2 unspecified atom stereocenters. The standard InChI is InChI=1S/C14H19N3O2/c1-4-9(2)17-14(18)10(3)19-13-6-5-11(8-15)7-12(13)16/h5-7,9-10H,4,16H2,1-3H3,(H,17,18). The molecule has 1 amide bonds. The molecule has 0 spiro atoms. The van der Waals surface area contributed by atoms with E-state index in [1.165, 1.54) is 6.07 Å². The van der Waals surface area contributed by atoms with Crippen LogP contribution < -0.4 is 15.8 Å². The molecule has 0 radical (unpaired) electrons. The molecule has 0 saturated carbocycles. The van der Waals surface area contributed by atoms with Gasteiger partial charge in [0.2, 0.25) is 0 Å². The first kappa shape index (κ1) is 14.8. The SMILES string of the molecule is CCC(C)NC(=O)C(C)Oc1ccc(C#N)cc1N. The fourth-order valence-electron chi connectivity index (χ4n) is 1.43. The third-order valence-corrected chi connectivity index (χ3v) is 2.81. The summed E-state index contributed by atoms with van der Waals surface area (Å²) < 4.78 is 5.51. The van der Waals surface area contributed by atoms with Gasteiger partial charge in [0.25, 0.3) is 5.91 Å². The molecule has 0 aromatic heterocycles. The summed E-state index contributed by atoms with van der Waals surface area (Å²) in [6.07, 6.45) is 0.224. The Kier molecular flexibility index (Phi) is 5.19. The van der Waals surface area contributed by atoms with Crippen LogP contribution in [0.5, 0.6) is 5.75 Å². The number of nitrogen functional groups attached to an aromatic ring is 1. The van der Waals surface area contributed by atoms with Gasteiger partial charge >= 0.3 is 0 Å². The molecule has 0 saturated heterocycles. The molecule has 102 valence electrons. The molecule has 0 aliphatic rings. The Morgan fingerprint density at radius 3 is 2.74 bits per heavy atom. The summed E-state index contributed by atoms with van der Waals surface area (Å²) in [6.45, 7) is 5.59. The second kappa shape index (κ2) is 6.64. The number of benzene rings is 1. The van der Waals surface area contributed by atoms with E-state index >= 15 is 0 Å². The zero-order valence-electron chi connectivity index (χ0n) is 11.4. The summed E-state index contributed by atoms with van der Waals surface area (Å²) in [4.78, 5) is 11.8. The molecule has 1 rings (SSSR count). The van der Waals surface area contributed by atoms with Crippen LogP contribution >= 0.6 is 0 Å². The van der Waals surface area contributed by atoms with Crippen molar-refractivity contribution in [3.8, 4) is 11.8 Å². The topological polar surface area (TPSA) is 88.1 Å². The van der Waals surface area contributed by atoms with E-state index in [0.29, 0.717) is 17.0 Å². The third-order valence-electron chi connectivity index (χ3n) is 2.81. The predicted molar refractivity (Wildman–Crippen MR) is 73.6 cm³/mol. The number of hydrogen-bond acceptors (Lipinski definition) is 4. The van der Waals surface area contributed by atoms with Crippen LogP contribution in [0.1, 0.15) is 32.8 Å². The minimum absolute atomic E-state index is 0.108. The number of nitrogens with one attached hydrogen (secondary N) is 1. The molecular formula is C14H19N3O2. The number of rotatable bonds is 5. The van der Waals surface area contributed by atoms with E-state index in [-0.39, 0.29) is 11.9 Å². The average Bonchev–Trinajstić information content (AvgIpc) is 2.40. The number of carbonyl (C=O) groups is 1. The normalized spacial score (nSPS) is 13.2. The van der Waals surface area contributed by atoms with E-state index < -0.39 is 6.10 Å². The lowest BCUT2D eigenvalue weighted by atomic mass is 10.2. The van der Waals surface area contributed by atoms with Crippen LogP contribution in [-0.4, -0.2) is 18.1 Å². The van der Waals surface area contributed by atoms with Crippen molar-refractivity contribution in [1.29, 1.82) is 5.26 Å². The summed E-state index contributed by atoms with van der Waals surface area (Å²) in [7, 11) is 0. The second-order valence-corrected chi connectivity index (χ2v) is 4.44. The van der Waals surface area contributed by atoms with E-state index in [9.17, 15) is 4.79 Å². The lowest BCUT2D eigenvalue weighted by molar-refractivity contribution is -0.127. The highest BCUT2D eigenvalue weighted by Crippen LogP contribution is 2.23. The summed E-state index contributed by atoms with van der Waals surface area (Å²) in [5.41, 5.74) is 6.57. The highest BCUT2D eigenvalue weighted by molar-refractivity contribution is 5.81. The smallest absolute Gasteiger partial charge is 0.260 e. The zero-order valence-corrected chi connectivity index (χ0v) is 11.4. The van der Waals surface area contributed by atoms with Crippen molar-refractivity contribution < 1.29 is 9.53 Å². The highest BCUT2D eigenvalue weighted by Gasteiger charge is 2.17. The Morgan fingerprint density at radius 1 is 1.53 bits per heavy atom. The molecule has 1 aromatic carbocycles. The Hall–Kier alpha value is -2.22. The fraction of sp³-hybridized carbons (Fsp3) is 0.429. The first-order valence-electron chi connectivity index (χ1n) is 6.24. The van der Waals surface area contributed by atoms with E-state index in [2.05, 4.69) is 5.32 Å². The van der Waals surface area contributed by atoms with Gasteiger partial charge in [0.1, 0.15) is 5.75 Å². The van der Waals surface area contributed by atoms with E-state index in [4.69, 9.17) is 15.7 Å². The van der Waals surface area contributed by atoms with E-state index in [0.717, 1.165) is 6.42 Å². The molecule has 1 aromatic rings. The molecule has 0 aliphatic heterocycles. The zero-order chi connectivity index (χ0) is 14.4. The lowest BCUT2D eigenvalue weighted by Crippen LogP contribution is -2.41. The van der Waals surface area contributed by atoms with Gasteiger partial charge < -0.3 is 15.8 Å². The van der Waals surface area contributed by atoms with Gasteiger partial charge in [-0.25, -0.2) is 0 Å². The van der Waals surface area contributed by atoms with Crippen molar-refractivity contribution in [1.82, 2.24) is 5.32 Å². The van der Waals surface area contributed by atoms with Gasteiger partial charge in [-0.1, -0.05) is 6.92 Å². The molecule has 2 atom stereocenters. The van der Waals surface area contributed by atoms with Gasteiger partial charge in [-0.3, -0.25) is 4.79 Å². The molecule has 0 bridgehead atoms. The van der Waals surface area contributed by atoms with Crippen molar-refractivity contribution in [3.63, 3.8) is 0 Å². The van der Waals surface area contributed by atoms with E-state index in [1.54, 1.807) is 19.1 Å². The summed E-state index contributed by atoms with van der Waals surface area (Å²) in [5.74, 6) is 0.226. The average molecular weight is 261 g/mol. The number of carbonyl (C=O) groups excluding carboxylic acids is 1. The minimum atomic E-state index is -0.635. The van der Waals surface area contributed by atoms with Gasteiger partial charge in [0.05, 0.1) is 17.3 Å². The maximum atomic E-state index is 11.8. The van der Waals surface area contributed by atoms with E-state index in [1.807, 2.05) is 19.9 Å². The van der Waals surface area contributed by atoms with Crippen molar-refractivity contribution in [2.75, 3.05) is 5.73 Å². The quantitative estimate of drug-likeness (QED) is 0.791. The molecule has 0 aliphatic carbocycles. The van der Waals surface area contributed by atoms with Gasteiger partial charge in [0.15, 0.2) is 6.10 Å². The van der Waals surface area contributed by atoms with Gasteiger partial charge in [0, 0.05) is 6.04 Å². The second-order valence-electron chi connectivity index (χ2n) is 4.44. The van der Waals surface area contributed by atoms with Crippen molar-refractivity contribution in [2.45, 2.75) is 39.3 Å². The van der Waals surface area contributed by atoms with Gasteiger partial charge in [-0.05, 0) is 38.5 Å². The maximum absolute atomic E-state index is 11.8. The monoisotopic (exact) mass is 261 g/mol. The van der Waals surface area contributed by atoms with Crippen LogP contribution in [0.25, 0.3) is 0 Å². The first-order valence-corrected chi connectivity index (χ1v) is 6.24. The van der Waals surface area contributed by atoms with Crippen LogP contribution in [0.15, 0.2) is 18.2 Å². The van der Waals surface area contributed by atoms with Crippen LogP contribution in [-0.2, 0) is 4.79 Å². The number of nitrogens with two attached hydrogens (primary N) is 1. The Morgan fingerprint density at radius 2 is 2.21 bits per heavy atom. The number of amides is 1. The highest BCUT2D eigenvalue weighted by atomic mass is 16.5. The number of nitrogens with zero attached hydrogens (tertiary/aromatic N) is 1. The van der Waals surface area contributed by atoms with Crippen LogP contribution in [0.2, 0.25) is 0 Å². The van der Waals surface area contributed by atoms with Crippen LogP contribution in [0.3, 0.4) is 0 Å². The number of hydrogen-bond donors (Lipinski definition) is 2. The summed E-state index contributed by atoms with van der Waals surface area (Å²) in [6, 6.07) is 6.82. The molecule has 0 heterocycles. The number of nitriles is 1. The van der Waals surface area contributed by atoms with Crippen LogP contribution in [0.4, 0.5) is 5.69 Å². The van der Waals surface area contributed by atoms with Gasteiger partial charge in [-0.15, -0.1) is 0 Å². The Bertz CT molecular complexity index is 494. The molecular weight excluding hydrogens is 242 g/mol. The minimum Gasteiger partial charge on any atom is -0.479 e. The van der Waals surface area contributed by atoms with Crippen molar-refractivity contribution in [3.05, 3.63) is 23.8 Å². The number of anilines is 1. The molecule has 5 heteroatoms. The largest absolute Gasteiger partial charge is 0.479 e. The molecule has 3 N–H and O–H groups in total. The molecule has 19 heavy (non-hydrogen) atoms. The Labute approximate surface area is 113 Å². The maximum Gasteiger partial charge on any atom is 0.260 e.